The molecule has 3 nitrogen and oxygen atoms in total. The molecule has 1 aliphatic rings. The van der Waals surface area contributed by atoms with Crippen LogP contribution in [0, 0.1) is 20.9 Å². The Morgan fingerprint density at radius 2 is 1.47 bits per heavy atom. The molecular formula is C30H37O3P. The molecule has 3 aromatic rings. The lowest BCUT2D eigenvalue weighted by Gasteiger charge is -2.27. The molecule has 3 aromatic carbocycles. The van der Waals surface area contributed by atoms with Gasteiger partial charge < -0.3 is 13.9 Å². The molecule has 0 bridgehead atoms. The van der Waals surface area contributed by atoms with Gasteiger partial charge in [-0.05, 0) is 68.2 Å². The van der Waals surface area contributed by atoms with Crippen molar-refractivity contribution in [3.8, 4) is 5.75 Å². The zero-order valence-corrected chi connectivity index (χ0v) is 22.2. The fourth-order valence-corrected chi connectivity index (χ4v) is 5.22. The van der Waals surface area contributed by atoms with E-state index >= 15 is 0 Å². The Labute approximate surface area is 204 Å². The molecule has 1 N–H and O–H groups in total. The van der Waals surface area contributed by atoms with E-state index in [1.165, 1.54) is 32.0 Å². The van der Waals surface area contributed by atoms with Crippen molar-refractivity contribution in [2.75, 3.05) is 6.61 Å². The molecule has 4 heteroatoms. The summed E-state index contributed by atoms with van der Waals surface area (Å²) in [6, 6.07) is 21.5. The number of fused-ring (bicyclic) bond motifs is 2. The fourth-order valence-electron chi connectivity index (χ4n) is 4.56. The molecule has 0 spiro atoms. The molecule has 0 amide bonds. The summed E-state index contributed by atoms with van der Waals surface area (Å²) in [7, 11) is -1.96. The van der Waals surface area contributed by atoms with Gasteiger partial charge in [-0.15, -0.1) is 0 Å². The second-order valence-corrected chi connectivity index (χ2v) is 12.1. The number of aryl methyl sites for hydroxylation is 1. The van der Waals surface area contributed by atoms with E-state index < -0.39 is 8.60 Å². The lowest BCUT2D eigenvalue weighted by atomic mass is 9.80. The Morgan fingerprint density at radius 3 is 2.18 bits per heavy atom. The molecule has 0 saturated heterocycles. The first-order chi connectivity index (χ1) is 16.1. The van der Waals surface area contributed by atoms with Gasteiger partial charge >= 0.3 is 8.60 Å². The third kappa shape index (κ3) is 5.38. The SMILES string of the molecule is CC(C)(C)c1ccc(OP(O)OCCCCc2cccc3c2=c2ccccc2=3)c(C(C)(C)C)c1. The van der Waals surface area contributed by atoms with E-state index in [9.17, 15) is 4.89 Å². The molecule has 0 saturated carbocycles. The molecule has 0 aromatic heterocycles. The maximum Gasteiger partial charge on any atom is 0.394 e. The third-order valence-corrected chi connectivity index (χ3v) is 7.27. The highest BCUT2D eigenvalue weighted by Gasteiger charge is 2.24. The summed E-state index contributed by atoms with van der Waals surface area (Å²) < 4.78 is 11.6. The zero-order chi connectivity index (χ0) is 24.5. The molecule has 4 rings (SSSR count). The van der Waals surface area contributed by atoms with Gasteiger partial charge in [0.2, 0.25) is 0 Å². The van der Waals surface area contributed by atoms with Gasteiger partial charge in [0.1, 0.15) is 5.75 Å². The highest BCUT2D eigenvalue weighted by atomic mass is 31.2. The van der Waals surface area contributed by atoms with E-state index in [0.717, 1.165) is 24.8 Å². The Kier molecular flexibility index (Phi) is 7.20. The molecule has 1 aliphatic carbocycles. The minimum absolute atomic E-state index is 0.0565. The molecular weight excluding hydrogens is 439 g/mol. The lowest BCUT2D eigenvalue weighted by Crippen LogP contribution is -2.17. The van der Waals surface area contributed by atoms with Crippen LogP contribution in [0.1, 0.15) is 71.1 Å². The second kappa shape index (κ2) is 9.82. The number of benzene rings is 3. The van der Waals surface area contributed by atoms with Gasteiger partial charge in [-0.25, -0.2) is 0 Å². The highest BCUT2D eigenvalue weighted by Crippen LogP contribution is 2.42. The molecule has 0 radical (unpaired) electrons. The summed E-state index contributed by atoms with van der Waals surface area (Å²) >= 11 is 0. The molecule has 180 valence electrons. The van der Waals surface area contributed by atoms with Crippen molar-refractivity contribution in [2.24, 2.45) is 0 Å². The summed E-state index contributed by atoms with van der Waals surface area (Å²) in [5.74, 6) is 0.705. The maximum absolute atomic E-state index is 10.5. The first-order valence-electron chi connectivity index (χ1n) is 12.2. The van der Waals surface area contributed by atoms with E-state index in [1.807, 2.05) is 6.07 Å². The van der Waals surface area contributed by atoms with E-state index in [4.69, 9.17) is 9.05 Å². The number of unbranched alkanes of at least 4 members (excludes halogenated alkanes) is 1. The normalized spacial score (nSPS) is 13.6. The van der Waals surface area contributed by atoms with E-state index in [1.54, 1.807) is 0 Å². The van der Waals surface area contributed by atoms with Crippen molar-refractivity contribution >= 4 is 8.60 Å². The van der Waals surface area contributed by atoms with Gasteiger partial charge in [0.05, 0.1) is 6.61 Å². The maximum atomic E-state index is 10.5. The zero-order valence-electron chi connectivity index (χ0n) is 21.3. The van der Waals surface area contributed by atoms with Crippen molar-refractivity contribution in [3.63, 3.8) is 0 Å². The van der Waals surface area contributed by atoms with Crippen LogP contribution in [0.5, 0.6) is 5.75 Å². The van der Waals surface area contributed by atoms with Gasteiger partial charge in [0.25, 0.3) is 0 Å². The highest BCUT2D eigenvalue weighted by molar-refractivity contribution is 7.41. The second-order valence-electron chi connectivity index (χ2n) is 11.2. The Balaban J connectivity index is 1.32. The van der Waals surface area contributed by atoms with Crippen LogP contribution in [0.25, 0.3) is 0 Å². The van der Waals surface area contributed by atoms with E-state index in [-0.39, 0.29) is 10.8 Å². The van der Waals surface area contributed by atoms with Gasteiger partial charge in [-0.3, -0.25) is 0 Å². The van der Waals surface area contributed by atoms with Gasteiger partial charge in [-0.2, -0.15) is 0 Å². The minimum atomic E-state index is -1.96. The molecule has 1 atom stereocenters. The predicted octanol–water partition coefficient (Wildman–Crippen LogP) is 7.81. The summed E-state index contributed by atoms with van der Waals surface area (Å²) in [6.07, 6.45) is 2.89. The van der Waals surface area contributed by atoms with Gasteiger partial charge in [0, 0.05) is 5.56 Å². The average molecular weight is 477 g/mol. The van der Waals surface area contributed by atoms with Crippen LogP contribution in [-0.4, -0.2) is 11.5 Å². The molecule has 34 heavy (non-hydrogen) atoms. The largest absolute Gasteiger partial charge is 0.427 e. The van der Waals surface area contributed by atoms with Crippen LogP contribution in [0.3, 0.4) is 0 Å². The predicted molar refractivity (Wildman–Crippen MR) is 141 cm³/mol. The van der Waals surface area contributed by atoms with E-state index in [0.29, 0.717) is 12.4 Å². The van der Waals surface area contributed by atoms with Gasteiger partial charge in [0.15, 0.2) is 0 Å². The summed E-state index contributed by atoms with van der Waals surface area (Å²) in [5.41, 5.74) is 3.70. The first-order valence-corrected chi connectivity index (χ1v) is 13.4. The standard InChI is InChI=1S/C30H37O3P/c1-29(2,3)22-17-18-27(26(20-22)30(4,5)6)33-34(31)32-19-10-9-12-21-13-11-16-25-23-14-7-8-15-24(23)28(21)25/h7-8,11,13-18,20,31H,9-10,12,19H2,1-6H3. The van der Waals surface area contributed by atoms with Crippen molar-refractivity contribution in [1.82, 2.24) is 0 Å². The number of hydrogen-bond donors (Lipinski definition) is 1. The number of rotatable bonds is 8. The van der Waals surface area contributed by atoms with Crippen LogP contribution in [-0.2, 0) is 21.8 Å². The summed E-state index contributed by atoms with van der Waals surface area (Å²) in [4.78, 5) is 10.5. The minimum Gasteiger partial charge on any atom is -0.427 e. The molecule has 0 heterocycles. The fraction of sp³-hybridized carbons (Fsp3) is 0.400. The van der Waals surface area contributed by atoms with Crippen LogP contribution in [0.2, 0.25) is 0 Å². The van der Waals surface area contributed by atoms with Crippen molar-refractivity contribution in [3.05, 3.63) is 98.2 Å². The van der Waals surface area contributed by atoms with Crippen LogP contribution < -0.4 is 4.52 Å². The Hall–Kier alpha value is -2.19. The van der Waals surface area contributed by atoms with Crippen LogP contribution >= 0.6 is 8.60 Å². The smallest absolute Gasteiger partial charge is 0.394 e. The Morgan fingerprint density at radius 1 is 0.765 bits per heavy atom. The van der Waals surface area contributed by atoms with Gasteiger partial charge in [-0.1, -0.05) is 96.1 Å². The van der Waals surface area contributed by atoms with Crippen molar-refractivity contribution < 1.29 is 13.9 Å². The quantitative estimate of drug-likeness (QED) is 0.208. The lowest BCUT2D eigenvalue weighted by molar-refractivity contribution is 0.253. The monoisotopic (exact) mass is 476 g/mol. The van der Waals surface area contributed by atoms with Crippen molar-refractivity contribution in [1.29, 1.82) is 0 Å². The van der Waals surface area contributed by atoms with E-state index in [2.05, 4.69) is 96.1 Å². The average Bonchev–Trinajstić information content (AvgIpc) is 2.75. The van der Waals surface area contributed by atoms with Crippen LogP contribution in [0.4, 0.5) is 0 Å². The first kappa shape index (κ1) is 24.9. The number of hydrogen-bond acceptors (Lipinski definition) is 3. The third-order valence-electron chi connectivity index (χ3n) is 6.51. The molecule has 1 unspecified atom stereocenters. The van der Waals surface area contributed by atoms with Crippen LogP contribution in [0.15, 0.2) is 60.7 Å². The van der Waals surface area contributed by atoms with Crippen molar-refractivity contribution in [2.45, 2.75) is 71.6 Å². The molecule has 0 aliphatic heterocycles. The molecule has 0 fully saturated rings. The Bertz CT molecular complexity index is 1350. The topological polar surface area (TPSA) is 38.7 Å². The summed E-state index contributed by atoms with van der Waals surface area (Å²) in [6.45, 7) is 13.6. The summed E-state index contributed by atoms with van der Waals surface area (Å²) in [5, 5.41) is 5.49.